The zero-order valence-electron chi connectivity index (χ0n) is 4.70. The van der Waals surface area contributed by atoms with E-state index in [0.29, 0.717) is 0 Å². The van der Waals surface area contributed by atoms with Gasteiger partial charge in [-0.2, -0.15) is 0 Å². The maximum absolute atomic E-state index is 9.46. The average molecular weight is 147 g/mol. The third-order valence-corrected chi connectivity index (χ3v) is 0.716. The van der Waals surface area contributed by atoms with Crippen molar-refractivity contribution in [2.75, 3.05) is 0 Å². The van der Waals surface area contributed by atoms with Crippen LogP contribution in [0.15, 0.2) is 0 Å². The molecular weight excluding hydrogens is 142 g/mol. The van der Waals surface area contributed by atoms with Gasteiger partial charge in [0.25, 0.3) is 0 Å². The van der Waals surface area contributed by atoms with Crippen LogP contribution in [0.4, 0.5) is 0 Å². The molecule has 6 heteroatoms. The molecule has 42 valence electrons. The minimum atomic E-state index is -2.89. The van der Waals surface area contributed by atoms with Crippen LogP contribution in [-0.2, 0) is 9.09 Å². The minimum absolute atomic E-state index is 0. The summed E-state index contributed by atoms with van der Waals surface area (Å²) in [5, 5.41) is 8.12. The van der Waals surface area contributed by atoms with Crippen molar-refractivity contribution in [3.63, 3.8) is 0 Å². The molecule has 0 bridgehead atoms. The molecule has 0 aliphatic heterocycles. The van der Waals surface area contributed by atoms with Gasteiger partial charge >= 0.3 is 37.8 Å². The molecule has 0 aliphatic carbocycles. The fourth-order valence-electron chi connectivity index (χ4n) is 0.125. The standard InChI is InChI=1S/C2H5O4P.Na/c1-2(3)6-7(4)5;/h2-3H,1H3;/q;+1. The summed E-state index contributed by atoms with van der Waals surface area (Å²) in [6.07, 6.45) is -1.22. The van der Waals surface area contributed by atoms with Gasteiger partial charge in [-0.05, 0) is 11.5 Å². The molecule has 0 aromatic heterocycles. The predicted octanol–water partition coefficient (Wildman–Crippen LogP) is -3.64. The van der Waals surface area contributed by atoms with Crippen LogP contribution in [0.2, 0.25) is 0 Å². The molecule has 8 heavy (non-hydrogen) atoms. The molecule has 0 aromatic rings. The van der Waals surface area contributed by atoms with Crippen LogP contribution in [0.3, 0.4) is 0 Å². The van der Waals surface area contributed by atoms with Crippen LogP contribution in [0.1, 0.15) is 6.92 Å². The Balaban J connectivity index is 0. The van der Waals surface area contributed by atoms with E-state index in [9.17, 15) is 9.46 Å². The quantitative estimate of drug-likeness (QED) is 0.248. The zero-order valence-corrected chi connectivity index (χ0v) is 7.59. The van der Waals surface area contributed by atoms with Crippen molar-refractivity contribution >= 4 is 8.25 Å². The predicted molar refractivity (Wildman–Crippen MR) is 20.4 cm³/mol. The molecule has 0 saturated carbocycles. The molecule has 0 aromatic carbocycles. The molecule has 2 unspecified atom stereocenters. The maximum Gasteiger partial charge on any atom is 1.00 e. The number of rotatable bonds is 2. The summed E-state index contributed by atoms with van der Waals surface area (Å²) in [7, 11) is -2.89. The van der Waals surface area contributed by atoms with Crippen LogP contribution in [0.25, 0.3) is 0 Å². The minimum Gasteiger partial charge on any atom is -0.566 e. The van der Waals surface area contributed by atoms with Crippen molar-refractivity contribution in [2.24, 2.45) is 0 Å². The van der Waals surface area contributed by atoms with Crippen molar-refractivity contribution in [2.45, 2.75) is 13.2 Å². The van der Waals surface area contributed by atoms with E-state index < -0.39 is 14.5 Å². The molecule has 0 fully saturated rings. The summed E-state index contributed by atoms with van der Waals surface area (Å²) in [6.45, 7) is 1.21. The smallest absolute Gasteiger partial charge is 0.566 e. The van der Waals surface area contributed by atoms with Crippen LogP contribution in [0, 0.1) is 0 Å². The summed E-state index contributed by atoms with van der Waals surface area (Å²) in [6, 6.07) is 0. The van der Waals surface area contributed by atoms with E-state index >= 15 is 0 Å². The van der Waals surface area contributed by atoms with Crippen molar-refractivity contribution in [3.8, 4) is 0 Å². The van der Waals surface area contributed by atoms with E-state index in [1.54, 1.807) is 0 Å². The number of aliphatic hydroxyl groups excluding tert-OH is 1. The van der Waals surface area contributed by atoms with E-state index in [-0.39, 0.29) is 29.6 Å². The van der Waals surface area contributed by atoms with Gasteiger partial charge in [-0.1, -0.05) is 0 Å². The van der Waals surface area contributed by atoms with Gasteiger partial charge < -0.3 is 10.00 Å². The molecule has 0 rings (SSSR count). The SMILES string of the molecule is CC(O)O[P+](=O)[O-].[Na+]. The van der Waals surface area contributed by atoms with Crippen LogP contribution < -0.4 is 34.5 Å². The van der Waals surface area contributed by atoms with Gasteiger partial charge in [0.1, 0.15) is 0 Å². The first-order valence-electron chi connectivity index (χ1n) is 1.62. The van der Waals surface area contributed by atoms with Crippen molar-refractivity contribution in [3.05, 3.63) is 0 Å². The normalized spacial score (nSPS) is 14.1. The van der Waals surface area contributed by atoms with Gasteiger partial charge in [-0.25, -0.2) is 0 Å². The Morgan fingerprint density at radius 3 is 2.25 bits per heavy atom. The first kappa shape index (κ1) is 11.7. The summed E-state index contributed by atoms with van der Waals surface area (Å²) in [5.41, 5.74) is 0. The Bertz CT molecular complexity index is 74.4. The summed E-state index contributed by atoms with van der Waals surface area (Å²) in [5.74, 6) is 0. The molecule has 0 radical (unpaired) electrons. The Labute approximate surface area is 70.1 Å². The molecule has 4 nitrogen and oxygen atoms in total. The van der Waals surface area contributed by atoms with E-state index in [4.69, 9.17) is 5.11 Å². The summed E-state index contributed by atoms with van der Waals surface area (Å²) >= 11 is 0. The summed E-state index contributed by atoms with van der Waals surface area (Å²) in [4.78, 5) is 9.46. The fourth-order valence-corrected chi connectivity index (χ4v) is 0.374. The Hall–Kier alpha value is 0.980. The number of hydrogen-bond donors (Lipinski definition) is 1. The molecule has 0 aliphatic rings. The van der Waals surface area contributed by atoms with Crippen molar-refractivity contribution in [1.29, 1.82) is 0 Å². The van der Waals surface area contributed by atoms with E-state index in [2.05, 4.69) is 4.52 Å². The molecule has 0 spiro atoms. The van der Waals surface area contributed by atoms with Gasteiger partial charge in [-0.15, -0.1) is 4.52 Å². The Kier molecular flexibility index (Phi) is 8.96. The van der Waals surface area contributed by atoms with Crippen molar-refractivity contribution in [1.82, 2.24) is 0 Å². The molecule has 0 saturated heterocycles. The second-order valence-electron chi connectivity index (χ2n) is 0.928. The number of hydrogen-bond acceptors (Lipinski definition) is 4. The number of aliphatic hydroxyl groups is 1. The van der Waals surface area contributed by atoms with Crippen LogP contribution >= 0.6 is 8.25 Å². The van der Waals surface area contributed by atoms with Gasteiger partial charge in [0.2, 0.25) is 6.29 Å². The van der Waals surface area contributed by atoms with Crippen molar-refractivity contribution < 1.29 is 48.6 Å². The zero-order chi connectivity index (χ0) is 5.86. The molecule has 0 heterocycles. The maximum atomic E-state index is 9.46. The molecular formula is C2H5NaO4P+. The largest absolute Gasteiger partial charge is 1.00 e. The molecule has 0 amide bonds. The van der Waals surface area contributed by atoms with Gasteiger partial charge in [0, 0.05) is 0 Å². The first-order valence-corrected chi connectivity index (χ1v) is 2.71. The topological polar surface area (TPSA) is 69.6 Å². The first-order chi connectivity index (χ1) is 3.13. The molecule has 1 N–H and O–H groups in total. The third kappa shape index (κ3) is 10.1. The van der Waals surface area contributed by atoms with Crippen LogP contribution in [-0.4, -0.2) is 11.4 Å². The monoisotopic (exact) mass is 147 g/mol. The van der Waals surface area contributed by atoms with Gasteiger partial charge in [0.15, 0.2) is 0 Å². The average Bonchev–Trinajstić information content (AvgIpc) is 1.27. The second-order valence-corrected chi connectivity index (χ2v) is 1.59. The fraction of sp³-hybridized carbons (Fsp3) is 1.00. The van der Waals surface area contributed by atoms with Gasteiger partial charge in [-0.3, -0.25) is 0 Å². The van der Waals surface area contributed by atoms with E-state index in [0.717, 1.165) is 0 Å². The third-order valence-electron chi connectivity index (χ3n) is 0.239. The Morgan fingerprint density at radius 2 is 2.25 bits per heavy atom. The van der Waals surface area contributed by atoms with Gasteiger partial charge in [0.05, 0.1) is 0 Å². The second kappa shape index (κ2) is 6.11. The summed E-state index contributed by atoms with van der Waals surface area (Å²) < 4.78 is 13.2. The van der Waals surface area contributed by atoms with Crippen LogP contribution in [0.5, 0.6) is 0 Å². The molecule has 2 atom stereocenters. The Morgan fingerprint density at radius 1 is 1.88 bits per heavy atom. The van der Waals surface area contributed by atoms with E-state index in [1.807, 2.05) is 0 Å². The van der Waals surface area contributed by atoms with E-state index in [1.165, 1.54) is 6.92 Å².